The molecule has 0 saturated carbocycles. The molecule has 2 aromatic carbocycles. The smallest absolute Gasteiger partial charge is 0.240 e. The van der Waals surface area contributed by atoms with E-state index in [1.807, 2.05) is 23.6 Å². The Kier molecular flexibility index (Phi) is 7.37. The lowest BCUT2D eigenvalue weighted by Gasteiger charge is -2.10. The Morgan fingerprint density at radius 2 is 1.48 bits per heavy atom. The van der Waals surface area contributed by atoms with E-state index >= 15 is 0 Å². The molecule has 0 fully saturated rings. The molecule has 31 heavy (non-hydrogen) atoms. The average molecular weight is 465 g/mol. The molecule has 3 rings (SSSR count). The van der Waals surface area contributed by atoms with E-state index in [2.05, 4.69) is 9.71 Å². The van der Waals surface area contributed by atoms with Gasteiger partial charge < -0.3 is 18.9 Å². The molecule has 0 aliphatic carbocycles. The molecule has 0 radical (unpaired) electrons. The number of nitrogens with one attached hydrogen (secondary N) is 1. The van der Waals surface area contributed by atoms with Gasteiger partial charge in [-0.3, -0.25) is 0 Å². The molecule has 0 amide bonds. The summed E-state index contributed by atoms with van der Waals surface area (Å²) in [5.74, 6) is 2.09. The van der Waals surface area contributed by atoms with Gasteiger partial charge in [0.2, 0.25) is 10.0 Å². The minimum atomic E-state index is -3.69. The molecule has 0 atom stereocenters. The van der Waals surface area contributed by atoms with Crippen molar-refractivity contribution in [2.45, 2.75) is 11.3 Å². The third-order valence-electron chi connectivity index (χ3n) is 4.52. The van der Waals surface area contributed by atoms with Crippen molar-refractivity contribution < 1.29 is 27.4 Å². The Morgan fingerprint density at radius 1 is 0.871 bits per heavy atom. The molecule has 3 aromatic rings. The van der Waals surface area contributed by atoms with E-state index in [4.69, 9.17) is 18.9 Å². The number of sulfonamides is 1. The summed E-state index contributed by atoms with van der Waals surface area (Å²) in [6.07, 6.45) is 0.455. The van der Waals surface area contributed by atoms with Crippen LogP contribution in [0.5, 0.6) is 23.0 Å². The highest BCUT2D eigenvalue weighted by Crippen LogP contribution is 2.33. The molecule has 8 nitrogen and oxygen atoms in total. The molecule has 0 saturated heterocycles. The van der Waals surface area contributed by atoms with Gasteiger partial charge in [-0.15, -0.1) is 11.3 Å². The lowest BCUT2D eigenvalue weighted by Crippen LogP contribution is -2.26. The molecule has 1 heterocycles. The Hall–Kier alpha value is -2.82. The van der Waals surface area contributed by atoms with Gasteiger partial charge in [-0.05, 0) is 30.3 Å². The number of benzene rings is 2. The second-order valence-corrected chi connectivity index (χ2v) is 9.00. The maximum absolute atomic E-state index is 12.6. The number of aromatic nitrogens is 1. The SMILES string of the molecule is COc1ccc(-c2nc(CCNS(=O)(=O)c3ccc(OC)c(OC)c3)cs2)cc1OC. The summed E-state index contributed by atoms with van der Waals surface area (Å²) >= 11 is 1.48. The van der Waals surface area contributed by atoms with Crippen molar-refractivity contribution in [1.29, 1.82) is 0 Å². The molecule has 0 bridgehead atoms. The minimum absolute atomic E-state index is 0.106. The molecule has 0 unspecified atom stereocenters. The largest absolute Gasteiger partial charge is 0.493 e. The number of nitrogens with zero attached hydrogens (tertiary/aromatic N) is 1. The van der Waals surface area contributed by atoms with Gasteiger partial charge in [0.1, 0.15) is 5.01 Å². The lowest BCUT2D eigenvalue weighted by molar-refractivity contribution is 0.354. The maximum Gasteiger partial charge on any atom is 0.240 e. The molecule has 0 aliphatic rings. The molecular weight excluding hydrogens is 440 g/mol. The van der Waals surface area contributed by atoms with Crippen molar-refractivity contribution in [3.63, 3.8) is 0 Å². The first kappa shape index (κ1) is 22.9. The number of methoxy groups -OCH3 is 4. The first-order valence-electron chi connectivity index (χ1n) is 9.30. The second kappa shape index (κ2) is 9.99. The van der Waals surface area contributed by atoms with Crippen LogP contribution in [0.1, 0.15) is 5.69 Å². The van der Waals surface area contributed by atoms with Crippen LogP contribution in [-0.2, 0) is 16.4 Å². The second-order valence-electron chi connectivity index (χ2n) is 6.38. The molecular formula is C21H24N2O6S2. The zero-order valence-corrected chi connectivity index (χ0v) is 19.3. The van der Waals surface area contributed by atoms with E-state index < -0.39 is 10.0 Å². The number of rotatable bonds is 10. The molecule has 1 N–H and O–H groups in total. The lowest BCUT2D eigenvalue weighted by atomic mass is 10.2. The fraction of sp³-hybridized carbons (Fsp3) is 0.286. The van der Waals surface area contributed by atoms with Gasteiger partial charge in [0.15, 0.2) is 23.0 Å². The van der Waals surface area contributed by atoms with Gasteiger partial charge >= 0.3 is 0 Å². The first-order valence-corrected chi connectivity index (χ1v) is 11.7. The summed E-state index contributed by atoms with van der Waals surface area (Å²) in [5.41, 5.74) is 1.70. The van der Waals surface area contributed by atoms with Crippen molar-refractivity contribution in [2.75, 3.05) is 35.0 Å². The summed E-state index contributed by atoms with van der Waals surface area (Å²) in [4.78, 5) is 4.71. The number of hydrogen-bond acceptors (Lipinski definition) is 8. The summed E-state index contributed by atoms with van der Waals surface area (Å²) in [6.45, 7) is 0.214. The maximum atomic E-state index is 12.6. The van der Waals surface area contributed by atoms with Gasteiger partial charge in [-0.25, -0.2) is 18.1 Å². The van der Waals surface area contributed by atoms with Crippen LogP contribution < -0.4 is 23.7 Å². The minimum Gasteiger partial charge on any atom is -0.493 e. The number of thiazole rings is 1. The van der Waals surface area contributed by atoms with E-state index in [1.54, 1.807) is 20.3 Å². The fourth-order valence-electron chi connectivity index (χ4n) is 2.90. The summed E-state index contributed by atoms with van der Waals surface area (Å²) in [5, 5.41) is 2.73. The number of ether oxygens (including phenoxy) is 4. The van der Waals surface area contributed by atoms with Crippen LogP contribution in [0, 0.1) is 0 Å². The zero-order chi connectivity index (χ0) is 22.4. The van der Waals surface area contributed by atoms with Gasteiger partial charge in [0.25, 0.3) is 0 Å². The normalized spacial score (nSPS) is 11.2. The van der Waals surface area contributed by atoms with Crippen molar-refractivity contribution in [3.05, 3.63) is 47.5 Å². The van der Waals surface area contributed by atoms with Crippen LogP contribution in [0.15, 0.2) is 46.7 Å². The van der Waals surface area contributed by atoms with Gasteiger partial charge in [0.05, 0.1) is 39.0 Å². The molecule has 1 aromatic heterocycles. The summed E-state index contributed by atoms with van der Waals surface area (Å²) in [7, 11) is 2.43. The Morgan fingerprint density at radius 3 is 2.13 bits per heavy atom. The molecule has 0 spiro atoms. The van der Waals surface area contributed by atoms with E-state index in [1.165, 1.54) is 37.7 Å². The molecule has 166 valence electrons. The topological polar surface area (TPSA) is 96.0 Å². The summed E-state index contributed by atoms with van der Waals surface area (Å²) < 4.78 is 48.7. The molecule has 0 aliphatic heterocycles. The predicted molar refractivity (Wildman–Crippen MR) is 119 cm³/mol. The van der Waals surface area contributed by atoms with E-state index in [0.717, 1.165) is 16.3 Å². The highest BCUT2D eigenvalue weighted by molar-refractivity contribution is 7.89. The van der Waals surface area contributed by atoms with Crippen LogP contribution in [0.4, 0.5) is 0 Å². The number of hydrogen-bond donors (Lipinski definition) is 1. The van der Waals surface area contributed by atoms with Gasteiger partial charge in [-0.1, -0.05) is 0 Å². The molecule has 10 heteroatoms. The van der Waals surface area contributed by atoms with Crippen LogP contribution in [0.2, 0.25) is 0 Å². The summed E-state index contributed by atoms with van der Waals surface area (Å²) in [6, 6.07) is 10.1. The highest BCUT2D eigenvalue weighted by Gasteiger charge is 2.17. The van der Waals surface area contributed by atoms with Crippen molar-refractivity contribution in [2.24, 2.45) is 0 Å². The highest BCUT2D eigenvalue weighted by atomic mass is 32.2. The van der Waals surface area contributed by atoms with Gasteiger partial charge in [0, 0.05) is 30.0 Å². The van der Waals surface area contributed by atoms with Crippen LogP contribution >= 0.6 is 11.3 Å². The Bertz CT molecular complexity index is 1140. The van der Waals surface area contributed by atoms with E-state index in [0.29, 0.717) is 29.4 Å². The predicted octanol–water partition coefficient (Wildman–Crippen LogP) is 3.37. The van der Waals surface area contributed by atoms with Crippen molar-refractivity contribution in [3.8, 4) is 33.6 Å². The zero-order valence-electron chi connectivity index (χ0n) is 17.7. The van der Waals surface area contributed by atoms with Gasteiger partial charge in [-0.2, -0.15) is 0 Å². The Labute approximate surface area is 185 Å². The third kappa shape index (κ3) is 5.27. The first-order chi connectivity index (χ1) is 14.9. The quantitative estimate of drug-likeness (QED) is 0.491. The van der Waals surface area contributed by atoms with Crippen LogP contribution in [0.3, 0.4) is 0 Å². The Balaban J connectivity index is 1.66. The van der Waals surface area contributed by atoms with Crippen LogP contribution in [-0.4, -0.2) is 48.4 Å². The van der Waals surface area contributed by atoms with E-state index in [-0.39, 0.29) is 11.4 Å². The van der Waals surface area contributed by atoms with Crippen molar-refractivity contribution >= 4 is 21.4 Å². The van der Waals surface area contributed by atoms with E-state index in [9.17, 15) is 8.42 Å². The average Bonchev–Trinajstić information content (AvgIpc) is 3.26. The third-order valence-corrected chi connectivity index (χ3v) is 6.92. The monoisotopic (exact) mass is 464 g/mol. The standard InChI is InChI=1S/C21H24N2O6S2/c1-26-17-7-5-14(11-19(17)28-3)21-23-15(13-30-21)9-10-22-31(24,25)16-6-8-18(27-2)20(12-16)29-4/h5-8,11-13,22H,9-10H2,1-4H3. The fourth-order valence-corrected chi connectivity index (χ4v) is 4.80. The van der Waals surface area contributed by atoms with Crippen molar-refractivity contribution in [1.82, 2.24) is 9.71 Å². The van der Waals surface area contributed by atoms with Crippen LogP contribution in [0.25, 0.3) is 10.6 Å².